The Labute approximate surface area is 83.5 Å². The van der Waals surface area contributed by atoms with Crippen LogP contribution in [0.4, 0.5) is 0 Å². The van der Waals surface area contributed by atoms with Gasteiger partial charge in [-0.05, 0) is 25.6 Å². The van der Waals surface area contributed by atoms with Gasteiger partial charge in [-0.1, -0.05) is 30.3 Å². The topological polar surface area (TPSA) is 17.1 Å². The molecule has 1 aromatic carbocycles. The zero-order valence-corrected chi connectivity index (χ0v) is 8.92. The van der Waals surface area contributed by atoms with Crippen molar-refractivity contribution in [2.75, 3.05) is 5.75 Å². The minimum atomic E-state index is 0.246. The van der Waals surface area contributed by atoms with Crippen LogP contribution in [0, 0.1) is 0 Å². The van der Waals surface area contributed by atoms with Gasteiger partial charge in [0.15, 0.2) is 5.75 Å². The highest BCUT2D eigenvalue weighted by Gasteiger charge is 2.11. The molecule has 0 fully saturated rings. The van der Waals surface area contributed by atoms with Crippen molar-refractivity contribution in [1.29, 1.82) is 0 Å². The molecule has 13 heavy (non-hydrogen) atoms. The molecule has 0 atom stereocenters. The molecule has 0 aliphatic heterocycles. The minimum absolute atomic E-state index is 0.246. The Bertz CT molecular complexity index is 267. The molecule has 0 aliphatic rings. The largest absolute Gasteiger partial charge is 0.289 e. The molecule has 0 spiro atoms. The third-order valence-corrected chi connectivity index (χ3v) is 2.90. The van der Waals surface area contributed by atoms with E-state index < -0.39 is 0 Å². The highest BCUT2D eigenvalue weighted by molar-refractivity contribution is 7.79. The lowest BCUT2D eigenvalue weighted by Gasteiger charge is -1.96. The summed E-state index contributed by atoms with van der Waals surface area (Å²) in [4.78, 5) is 11.5. The van der Waals surface area contributed by atoms with Gasteiger partial charge >= 0.3 is 0 Å². The molecule has 0 radical (unpaired) electrons. The van der Waals surface area contributed by atoms with E-state index in [1.54, 1.807) is 0 Å². The van der Waals surface area contributed by atoms with Crippen LogP contribution in [0.25, 0.3) is 0 Å². The van der Waals surface area contributed by atoms with Crippen LogP contribution in [-0.4, -0.2) is 16.8 Å². The quantitative estimate of drug-likeness (QED) is 0.408. The number of Topliss-reactive ketones (excluding diaryl/α,β-unsaturated/α-hetero) is 1. The Hall–Kier alpha value is -0.760. The Morgan fingerprint density at radius 2 is 1.92 bits per heavy atom. The van der Waals surface area contributed by atoms with E-state index in [1.165, 1.54) is 11.8 Å². The number of ketones is 1. The monoisotopic (exact) mass is 195 g/mol. The molecule has 0 aliphatic carbocycles. The highest BCUT2D eigenvalue weighted by Crippen LogP contribution is 2.01. The van der Waals surface area contributed by atoms with E-state index in [0.29, 0.717) is 11.0 Å². The van der Waals surface area contributed by atoms with Crippen molar-refractivity contribution in [1.82, 2.24) is 0 Å². The Morgan fingerprint density at radius 1 is 1.31 bits per heavy atom. The van der Waals surface area contributed by atoms with E-state index in [0.717, 1.165) is 5.56 Å². The van der Waals surface area contributed by atoms with Crippen LogP contribution in [0.15, 0.2) is 30.3 Å². The fraction of sp³-hybridized carbons (Fsp3) is 0.364. The van der Waals surface area contributed by atoms with E-state index >= 15 is 0 Å². The summed E-state index contributed by atoms with van der Waals surface area (Å²) >= 11 is 1.21. The van der Waals surface area contributed by atoms with Crippen LogP contribution in [0.3, 0.4) is 0 Å². The predicted octanol–water partition coefficient (Wildman–Crippen LogP) is 2.09. The molecular formula is C11H15OS+. The van der Waals surface area contributed by atoms with Crippen LogP contribution < -0.4 is 0 Å². The average molecular weight is 195 g/mol. The van der Waals surface area contributed by atoms with Crippen molar-refractivity contribution >= 4 is 17.5 Å². The van der Waals surface area contributed by atoms with Crippen molar-refractivity contribution in [2.24, 2.45) is 0 Å². The number of benzene rings is 1. The molecule has 0 amide bonds. The maximum Gasteiger partial charge on any atom is 0.211 e. The molecule has 0 heterocycles. The van der Waals surface area contributed by atoms with Gasteiger partial charge in [0.1, 0.15) is 5.25 Å². The van der Waals surface area contributed by atoms with Gasteiger partial charge in [-0.15, -0.1) is 0 Å². The van der Waals surface area contributed by atoms with Gasteiger partial charge in [0, 0.05) is 5.56 Å². The second-order valence-corrected chi connectivity index (χ2v) is 4.94. The number of carbonyl (C=O) groups is 1. The van der Waals surface area contributed by atoms with Crippen LogP contribution in [0.1, 0.15) is 24.2 Å². The van der Waals surface area contributed by atoms with Crippen LogP contribution in [0.5, 0.6) is 0 Å². The maximum atomic E-state index is 11.5. The van der Waals surface area contributed by atoms with Gasteiger partial charge in [0.05, 0.1) is 0 Å². The van der Waals surface area contributed by atoms with Crippen LogP contribution >= 0.6 is 0 Å². The van der Waals surface area contributed by atoms with Crippen LogP contribution in [0.2, 0.25) is 0 Å². The number of thiol groups is 1. The van der Waals surface area contributed by atoms with Gasteiger partial charge < -0.3 is 0 Å². The summed E-state index contributed by atoms with van der Waals surface area (Å²) in [5.41, 5.74) is 0.829. The summed E-state index contributed by atoms with van der Waals surface area (Å²) < 4.78 is 0. The third-order valence-electron chi connectivity index (χ3n) is 1.70. The van der Waals surface area contributed by atoms with E-state index in [-0.39, 0.29) is 5.78 Å². The first-order chi connectivity index (χ1) is 6.20. The second-order valence-electron chi connectivity index (χ2n) is 3.22. The van der Waals surface area contributed by atoms with Gasteiger partial charge in [0.2, 0.25) is 5.78 Å². The van der Waals surface area contributed by atoms with Crippen molar-refractivity contribution in [3.63, 3.8) is 0 Å². The third kappa shape index (κ3) is 3.64. The molecule has 0 N–H and O–H groups in total. The lowest BCUT2D eigenvalue weighted by Crippen LogP contribution is -2.12. The number of rotatable bonds is 4. The predicted molar refractivity (Wildman–Crippen MR) is 59.5 cm³/mol. The first-order valence-corrected chi connectivity index (χ1v) is 5.60. The molecule has 1 nitrogen and oxygen atoms in total. The molecule has 0 saturated carbocycles. The average Bonchev–Trinajstić information content (AvgIpc) is 2.15. The minimum Gasteiger partial charge on any atom is -0.289 e. The summed E-state index contributed by atoms with van der Waals surface area (Å²) in [7, 11) is 0. The summed E-state index contributed by atoms with van der Waals surface area (Å²) in [6, 6.07) is 9.48. The molecule has 70 valence electrons. The molecule has 0 bridgehead atoms. The van der Waals surface area contributed by atoms with E-state index in [4.69, 9.17) is 0 Å². The van der Waals surface area contributed by atoms with E-state index in [9.17, 15) is 4.79 Å². The molecule has 0 aromatic heterocycles. The van der Waals surface area contributed by atoms with Crippen molar-refractivity contribution in [3.05, 3.63) is 35.9 Å². The first kappa shape index (κ1) is 10.3. The van der Waals surface area contributed by atoms with Crippen molar-refractivity contribution < 1.29 is 4.79 Å². The highest BCUT2D eigenvalue weighted by atomic mass is 32.2. The zero-order chi connectivity index (χ0) is 9.68. The standard InChI is InChI=1S/C11H14OS/c1-9(2)13-8-11(12)10-6-4-3-5-7-10/h3-7,9H,8H2,1-2H3/p+1. The zero-order valence-electron chi connectivity index (χ0n) is 8.03. The lowest BCUT2D eigenvalue weighted by molar-refractivity contribution is 0.102. The summed E-state index contributed by atoms with van der Waals surface area (Å²) in [5.74, 6) is 0.887. The van der Waals surface area contributed by atoms with Gasteiger partial charge in [-0.25, -0.2) is 0 Å². The fourth-order valence-electron chi connectivity index (χ4n) is 0.981. The first-order valence-electron chi connectivity index (χ1n) is 4.45. The fourth-order valence-corrected chi connectivity index (χ4v) is 1.69. The van der Waals surface area contributed by atoms with Crippen molar-refractivity contribution in [2.45, 2.75) is 19.1 Å². The van der Waals surface area contributed by atoms with Gasteiger partial charge in [-0.3, -0.25) is 4.79 Å². The number of hydrogen-bond donors (Lipinski definition) is 0. The van der Waals surface area contributed by atoms with Crippen LogP contribution in [-0.2, 0) is 11.8 Å². The summed E-state index contributed by atoms with van der Waals surface area (Å²) in [5, 5.41) is 0.577. The molecule has 0 unspecified atom stereocenters. The van der Waals surface area contributed by atoms with Gasteiger partial charge in [0.25, 0.3) is 0 Å². The second kappa shape index (κ2) is 5.07. The molecule has 2 heteroatoms. The Balaban J connectivity index is 2.50. The molecule has 1 rings (SSSR count). The summed E-state index contributed by atoms with van der Waals surface area (Å²) in [6.07, 6.45) is 0. The Kier molecular flexibility index (Phi) is 4.03. The summed E-state index contributed by atoms with van der Waals surface area (Å²) in [6.45, 7) is 4.25. The Morgan fingerprint density at radius 3 is 2.46 bits per heavy atom. The lowest BCUT2D eigenvalue weighted by atomic mass is 10.2. The number of hydrogen-bond acceptors (Lipinski definition) is 1. The molecule has 1 aromatic rings. The van der Waals surface area contributed by atoms with Gasteiger partial charge in [-0.2, -0.15) is 0 Å². The normalized spacial score (nSPS) is 10.4. The smallest absolute Gasteiger partial charge is 0.211 e. The maximum absolute atomic E-state index is 11.5. The SMILES string of the molecule is CC(C)[SH+]CC(=O)c1ccccc1. The van der Waals surface area contributed by atoms with Crippen molar-refractivity contribution in [3.8, 4) is 0 Å². The molecular weight excluding hydrogens is 180 g/mol. The van der Waals surface area contributed by atoms with E-state index in [2.05, 4.69) is 13.8 Å². The molecule has 0 saturated heterocycles. The van der Waals surface area contributed by atoms with E-state index in [1.807, 2.05) is 30.3 Å². The number of carbonyl (C=O) groups excluding carboxylic acids is 1.